The monoisotopic (exact) mass is 252 g/mol. The normalized spacial score (nSPS) is 26.8. The predicted octanol–water partition coefficient (Wildman–Crippen LogP) is 1.44. The van der Waals surface area contributed by atoms with Crippen molar-refractivity contribution in [2.45, 2.75) is 45.1 Å². The first kappa shape index (κ1) is 13.7. The fourth-order valence-electron chi connectivity index (χ4n) is 3.07. The summed E-state index contributed by atoms with van der Waals surface area (Å²) in [6.45, 7) is 6.99. The molecule has 4 nitrogen and oxygen atoms in total. The maximum absolute atomic E-state index is 4.33. The van der Waals surface area contributed by atoms with Gasteiger partial charge in [0.1, 0.15) is 0 Å². The number of hydrogen-bond acceptors (Lipinski definition) is 2. The third-order valence-electron chi connectivity index (χ3n) is 4.29. The van der Waals surface area contributed by atoms with Crippen molar-refractivity contribution >= 4 is 5.96 Å². The van der Waals surface area contributed by atoms with Crippen molar-refractivity contribution in [3.05, 3.63) is 0 Å². The molecule has 0 radical (unpaired) electrons. The SMILES string of the molecule is CCN1CCC(CNC(=NC)NC2CCCC2)C1. The van der Waals surface area contributed by atoms with Gasteiger partial charge in [0.25, 0.3) is 0 Å². The molecule has 1 unspecified atom stereocenters. The van der Waals surface area contributed by atoms with Gasteiger partial charge in [0, 0.05) is 26.2 Å². The van der Waals surface area contributed by atoms with Gasteiger partial charge in [0.2, 0.25) is 0 Å². The third kappa shape index (κ3) is 3.87. The third-order valence-corrected chi connectivity index (χ3v) is 4.29. The summed E-state index contributed by atoms with van der Waals surface area (Å²) >= 11 is 0. The summed E-state index contributed by atoms with van der Waals surface area (Å²) in [4.78, 5) is 6.86. The maximum Gasteiger partial charge on any atom is 0.191 e. The van der Waals surface area contributed by atoms with Crippen molar-refractivity contribution in [1.82, 2.24) is 15.5 Å². The van der Waals surface area contributed by atoms with E-state index in [9.17, 15) is 0 Å². The highest BCUT2D eigenvalue weighted by molar-refractivity contribution is 5.79. The second kappa shape index (κ2) is 6.98. The molecule has 0 amide bonds. The van der Waals surface area contributed by atoms with Gasteiger partial charge in [-0.25, -0.2) is 0 Å². The summed E-state index contributed by atoms with van der Waals surface area (Å²) in [6, 6.07) is 0.645. The topological polar surface area (TPSA) is 39.7 Å². The van der Waals surface area contributed by atoms with E-state index in [1.165, 1.54) is 51.7 Å². The maximum atomic E-state index is 4.33. The van der Waals surface area contributed by atoms with Gasteiger partial charge in [0.15, 0.2) is 5.96 Å². The van der Waals surface area contributed by atoms with Gasteiger partial charge in [-0.2, -0.15) is 0 Å². The molecule has 18 heavy (non-hydrogen) atoms. The lowest BCUT2D eigenvalue weighted by molar-refractivity contribution is 0.341. The molecule has 1 saturated heterocycles. The molecule has 2 aliphatic rings. The number of nitrogens with one attached hydrogen (secondary N) is 2. The molecule has 2 fully saturated rings. The Morgan fingerprint density at radius 1 is 1.28 bits per heavy atom. The Kier molecular flexibility index (Phi) is 5.29. The zero-order chi connectivity index (χ0) is 12.8. The summed E-state index contributed by atoms with van der Waals surface area (Å²) in [5.41, 5.74) is 0. The van der Waals surface area contributed by atoms with Crippen molar-refractivity contribution in [2.24, 2.45) is 10.9 Å². The Morgan fingerprint density at radius 3 is 2.67 bits per heavy atom. The van der Waals surface area contributed by atoms with Gasteiger partial charge in [-0.05, 0) is 38.3 Å². The van der Waals surface area contributed by atoms with Gasteiger partial charge >= 0.3 is 0 Å². The van der Waals surface area contributed by atoms with Gasteiger partial charge < -0.3 is 15.5 Å². The standard InChI is InChI=1S/C14H28N4/c1-3-18-9-8-12(11-18)10-16-14(15-2)17-13-6-4-5-7-13/h12-13H,3-11H2,1-2H3,(H2,15,16,17). The molecule has 1 heterocycles. The zero-order valence-electron chi connectivity index (χ0n) is 11.9. The van der Waals surface area contributed by atoms with Crippen LogP contribution in [0.2, 0.25) is 0 Å². The molecule has 1 saturated carbocycles. The van der Waals surface area contributed by atoms with Gasteiger partial charge in [-0.1, -0.05) is 19.8 Å². The molecule has 2 N–H and O–H groups in total. The highest BCUT2D eigenvalue weighted by Crippen LogP contribution is 2.17. The summed E-state index contributed by atoms with van der Waals surface area (Å²) in [5, 5.41) is 7.04. The van der Waals surface area contributed by atoms with Crippen LogP contribution in [0.25, 0.3) is 0 Å². The molecule has 0 aromatic carbocycles. The number of nitrogens with zero attached hydrogens (tertiary/aromatic N) is 2. The Labute approximate surface area is 111 Å². The summed E-state index contributed by atoms with van der Waals surface area (Å²) in [7, 11) is 1.87. The average molecular weight is 252 g/mol. The number of aliphatic imine (C=N–C) groups is 1. The molecule has 1 aliphatic heterocycles. The Bertz CT molecular complexity index is 271. The number of hydrogen-bond donors (Lipinski definition) is 2. The van der Waals surface area contributed by atoms with E-state index < -0.39 is 0 Å². The Morgan fingerprint density at radius 2 is 2.06 bits per heavy atom. The molecule has 1 atom stereocenters. The van der Waals surface area contributed by atoms with E-state index in [2.05, 4.69) is 27.4 Å². The second-order valence-electron chi connectivity index (χ2n) is 5.63. The van der Waals surface area contributed by atoms with Crippen LogP contribution in [0.1, 0.15) is 39.0 Å². The average Bonchev–Trinajstić information content (AvgIpc) is 3.05. The molecule has 0 spiro atoms. The van der Waals surface area contributed by atoms with E-state index in [4.69, 9.17) is 0 Å². The summed E-state index contributed by atoms with van der Waals surface area (Å²) in [6.07, 6.45) is 6.65. The first-order chi connectivity index (χ1) is 8.81. The van der Waals surface area contributed by atoms with Crippen molar-refractivity contribution in [3.63, 3.8) is 0 Å². The molecule has 0 aromatic rings. The fraction of sp³-hybridized carbons (Fsp3) is 0.929. The van der Waals surface area contributed by atoms with Crippen LogP contribution in [0.4, 0.5) is 0 Å². The van der Waals surface area contributed by atoms with Gasteiger partial charge in [0.05, 0.1) is 0 Å². The van der Waals surface area contributed by atoms with E-state index in [0.717, 1.165) is 18.4 Å². The fourth-order valence-corrected chi connectivity index (χ4v) is 3.07. The second-order valence-corrected chi connectivity index (χ2v) is 5.63. The van der Waals surface area contributed by atoms with Crippen LogP contribution in [0, 0.1) is 5.92 Å². The highest BCUT2D eigenvalue weighted by atomic mass is 15.2. The summed E-state index contributed by atoms with van der Waals surface area (Å²) < 4.78 is 0. The molecular formula is C14H28N4. The largest absolute Gasteiger partial charge is 0.356 e. The van der Waals surface area contributed by atoms with Crippen molar-refractivity contribution < 1.29 is 0 Å². The van der Waals surface area contributed by atoms with Crippen LogP contribution in [-0.2, 0) is 0 Å². The molecular weight excluding hydrogens is 224 g/mol. The minimum Gasteiger partial charge on any atom is -0.356 e. The minimum atomic E-state index is 0.645. The van der Waals surface area contributed by atoms with Crippen LogP contribution >= 0.6 is 0 Å². The number of guanidine groups is 1. The quantitative estimate of drug-likeness (QED) is 0.587. The lowest BCUT2D eigenvalue weighted by atomic mass is 10.1. The molecule has 4 heteroatoms. The lowest BCUT2D eigenvalue weighted by Gasteiger charge is -2.19. The summed E-state index contributed by atoms with van der Waals surface area (Å²) in [5.74, 6) is 1.78. The Balaban J connectivity index is 1.67. The Hall–Kier alpha value is -0.770. The van der Waals surface area contributed by atoms with E-state index in [1.54, 1.807) is 0 Å². The van der Waals surface area contributed by atoms with E-state index in [0.29, 0.717) is 6.04 Å². The van der Waals surface area contributed by atoms with Crippen LogP contribution < -0.4 is 10.6 Å². The van der Waals surface area contributed by atoms with Crippen molar-refractivity contribution in [1.29, 1.82) is 0 Å². The zero-order valence-corrected chi connectivity index (χ0v) is 11.9. The van der Waals surface area contributed by atoms with Gasteiger partial charge in [-0.3, -0.25) is 4.99 Å². The first-order valence-electron chi connectivity index (χ1n) is 7.51. The number of likely N-dealkylation sites (tertiary alicyclic amines) is 1. The molecule has 104 valence electrons. The predicted molar refractivity (Wildman–Crippen MR) is 77.0 cm³/mol. The first-order valence-corrected chi connectivity index (χ1v) is 7.51. The van der Waals surface area contributed by atoms with Crippen LogP contribution in [0.15, 0.2) is 4.99 Å². The smallest absolute Gasteiger partial charge is 0.191 e. The molecule has 0 bridgehead atoms. The highest BCUT2D eigenvalue weighted by Gasteiger charge is 2.21. The van der Waals surface area contributed by atoms with Gasteiger partial charge in [-0.15, -0.1) is 0 Å². The molecule has 1 aliphatic carbocycles. The lowest BCUT2D eigenvalue weighted by Crippen LogP contribution is -2.44. The van der Waals surface area contributed by atoms with Crippen LogP contribution in [-0.4, -0.2) is 50.1 Å². The van der Waals surface area contributed by atoms with Crippen molar-refractivity contribution in [2.75, 3.05) is 33.2 Å². The molecule has 0 aromatic heterocycles. The van der Waals surface area contributed by atoms with Crippen LogP contribution in [0.5, 0.6) is 0 Å². The van der Waals surface area contributed by atoms with E-state index in [1.807, 2.05) is 7.05 Å². The van der Waals surface area contributed by atoms with Crippen molar-refractivity contribution in [3.8, 4) is 0 Å². The molecule has 2 rings (SSSR count). The number of rotatable bonds is 4. The van der Waals surface area contributed by atoms with E-state index >= 15 is 0 Å². The van der Waals surface area contributed by atoms with E-state index in [-0.39, 0.29) is 0 Å². The minimum absolute atomic E-state index is 0.645. The van der Waals surface area contributed by atoms with Crippen LogP contribution in [0.3, 0.4) is 0 Å².